The molecule has 0 aliphatic heterocycles. The number of hydrogen-bond donors (Lipinski definition) is 2. The first-order chi connectivity index (χ1) is 11.6. The first kappa shape index (κ1) is 16.4. The number of halogens is 2. The normalized spacial score (nSPS) is 10.6. The standard InChI is InChI=1S/C18H15BrFN3O/c19-15-10-12(6-7-16(15)20)8-9-21-18(24)14-11-22-23-17(14)13-4-2-1-3-5-13/h1-7,10-11H,8-9H2,(H,21,24)(H,22,23). The second kappa shape index (κ2) is 7.40. The van der Waals surface area contributed by atoms with Crippen molar-refractivity contribution in [3.63, 3.8) is 0 Å². The van der Waals surface area contributed by atoms with E-state index in [-0.39, 0.29) is 11.7 Å². The minimum Gasteiger partial charge on any atom is -0.352 e. The predicted octanol–water partition coefficient (Wildman–Crippen LogP) is 3.95. The molecule has 0 bridgehead atoms. The van der Waals surface area contributed by atoms with Crippen LogP contribution in [0.1, 0.15) is 15.9 Å². The van der Waals surface area contributed by atoms with Crippen LogP contribution in [0.5, 0.6) is 0 Å². The van der Waals surface area contributed by atoms with Crippen molar-refractivity contribution in [2.45, 2.75) is 6.42 Å². The van der Waals surface area contributed by atoms with Gasteiger partial charge in [0.2, 0.25) is 0 Å². The quantitative estimate of drug-likeness (QED) is 0.696. The Morgan fingerprint density at radius 3 is 2.75 bits per heavy atom. The Hall–Kier alpha value is -2.47. The van der Waals surface area contributed by atoms with Gasteiger partial charge in [-0.15, -0.1) is 0 Å². The molecule has 0 radical (unpaired) electrons. The van der Waals surface area contributed by atoms with Crippen molar-refractivity contribution in [3.05, 3.63) is 76.1 Å². The Morgan fingerprint density at radius 2 is 2.00 bits per heavy atom. The number of nitrogens with zero attached hydrogens (tertiary/aromatic N) is 1. The van der Waals surface area contributed by atoms with Crippen molar-refractivity contribution in [3.8, 4) is 11.3 Å². The second-order valence-electron chi connectivity index (χ2n) is 5.28. The van der Waals surface area contributed by atoms with Gasteiger partial charge in [0.25, 0.3) is 5.91 Å². The van der Waals surface area contributed by atoms with Crippen LogP contribution in [-0.2, 0) is 6.42 Å². The molecule has 3 rings (SSSR count). The van der Waals surface area contributed by atoms with Gasteiger partial charge < -0.3 is 5.32 Å². The Kier molecular flexibility index (Phi) is 5.05. The molecule has 1 heterocycles. The van der Waals surface area contributed by atoms with Crippen molar-refractivity contribution >= 4 is 21.8 Å². The predicted molar refractivity (Wildman–Crippen MR) is 94.2 cm³/mol. The summed E-state index contributed by atoms with van der Waals surface area (Å²) in [5, 5.41) is 9.71. The number of amides is 1. The van der Waals surface area contributed by atoms with E-state index in [0.29, 0.717) is 28.7 Å². The first-order valence-corrected chi connectivity index (χ1v) is 8.25. The van der Waals surface area contributed by atoms with Crippen molar-refractivity contribution in [1.82, 2.24) is 15.5 Å². The number of rotatable bonds is 5. The van der Waals surface area contributed by atoms with E-state index in [2.05, 4.69) is 31.4 Å². The molecule has 0 unspecified atom stereocenters. The monoisotopic (exact) mass is 387 g/mol. The van der Waals surface area contributed by atoms with Gasteiger partial charge in [-0.1, -0.05) is 36.4 Å². The fourth-order valence-corrected chi connectivity index (χ4v) is 2.82. The number of nitrogens with one attached hydrogen (secondary N) is 2. The van der Waals surface area contributed by atoms with E-state index in [9.17, 15) is 9.18 Å². The molecule has 122 valence electrons. The number of carbonyl (C=O) groups is 1. The van der Waals surface area contributed by atoms with Crippen LogP contribution in [0.2, 0.25) is 0 Å². The summed E-state index contributed by atoms with van der Waals surface area (Å²) in [6, 6.07) is 14.4. The lowest BCUT2D eigenvalue weighted by atomic mass is 10.1. The number of aromatic nitrogens is 2. The van der Waals surface area contributed by atoms with Crippen molar-refractivity contribution in [2.24, 2.45) is 0 Å². The Balaban J connectivity index is 1.64. The van der Waals surface area contributed by atoms with Crippen LogP contribution in [0.25, 0.3) is 11.3 Å². The molecule has 6 heteroatoms. The Morgan fingerprint density at radius 1 is 1.21 bits per heavy atom. The summed E-state index contributed by atoms with van der Waals surface area (Å²) >= 11 is 3.16. The summed E-state index contributed by atoms with van der Waals surface area (Å²) in [7, 11) is 0. The largest absolute Gasteiger partial charge is 0.352 e. The summed E-state index contributed by atoms with van der Waals surface area (Å²) in [5.74, 6) is -0.488. The molecule has 0 spiro atoms. The van der Waals surface area contributed by atoms with Crippen LogP contribution in [0.3, 0.4) is 0 Å². The smallest absolute Gasteiger partial charge is 0.255 e. The van der Waals surface area contributed by atoms with Crippen LogP contribution in [0, 0.1) is 5.82 Å². The maximum atomic E-state index is 13.2. The third-order valence-corrected chi connectivity index (χ3v) is 4.24. The topological polar surface area (TPSA) is 57.8 Å². The molecular formula is C18H15BrFN3O. The molecule has 1 amide bonds. The van der Waals surface area contributed by atoms with Crippen molar-refractivity contribution < 1.29 is 9.18 Å². The van der Waals surface area contributed by atoms with E-state index in [1.807, 2.05) is 30.3 Å². The van der Waals surface area contributed by atoms with E-state index in [4.69, 9.17) is 0 Å². The molecule has 3 aromatic rings. The minimum atomic E-state index is -0.298. The van der Waals surface area contributed by atoms with Gasteiger partial charge in [-0.2, -0.15) is 5.10 Å². The van der Waals surface area contributed by atoms with E-state index in [1.54, 1.807) is 12.1 Å². The molecule has 0 saturated heterocycles. The third-order valence-electron chi connectivity index (χ3n) is 3.63. The molecule has 2 aromatic carbocycles. The zero-order valence-electron chi connectivity index (χ0n) is 12.7. The van der Waals surface area contributed by atoms with E-state index in [0.717, 1.165) is 11.1 Å². The average Bonchev–Trinajstić information content (AvgIpc) is 3.08. The Bertz CT molecular complexity index is 848. The number of hydrogen-bond acceptors (Lipinski definition) is 2. The van der Waals surface area contributed by atoms with E-state index >= 15 is 0 Å². The molecule has 0 aliphatic rings. The number of benzene rings is 2. The molecule has 2 N–H and O–H groups in total. The van der Waals surface area contributed by atoms with Crippen LogP contribution in [0.15, 0.2) is 59.2 Å². The fraction of sp³-hybridized carbons (Fsp3) is 0.111. The number of H-pyrrole nitrogens is 1. The van der Waals surface area contributed by atoms with Gasteiger partial charge in [0, 0.05) is 12.1 Å². The molecule has 24 heavy (non-hydrogen) atoms. The fourth-order valence-electron chi connectivity index (χ4n) is 2.39. The maximum Gasteiger partial charge on any atom is 0.255 e. The molecule has 1 aromatic heterocycles. The zero-order valence-corrected chi connectivity index (χ0v) is 14.3. The maximum absolute atomic E-state index is 13.2. The summed E-state index contributed by atoms with van der Waals surface area (Å²) in [6.07, 6.45) is 2.13. The molecule has 0 fully saturated rings. The lowest BCUT2D eigenvalue weighted by molar-refractivity contribution is 0.0955. The van der Waals surface area contributed by atoms with Crippen LogP contribution in [-0.4, -0.2) is 22.6 Å². The molecule has 0 saturated carbocycles. The SMILES string of the molecule is O=C(NCCc1ccc(F)c(Br)c1)c1cn[nH]c1-c1ccccc1. The van der Waals surface area contributed by atoms with E-state index < -0.39 is 0 Å². The lowest BCUT2D eigenvalue weighted by Crippen LogP contribution is -2.25. The molecule has 0 atom stereocenters. The average molecular weight is 388 g/mol. The van der Waals surface area contributed by atoms with Gasteiger partial charge in [0.15, 0.2) is 0 Å². The van der Waals surface area contributed by atoms with Crippen molar-refractivity contribution in [2.75, 3.05) is 6.54 Å². The third kappa shape index (κ3) is 3.71. The van der Waals surface area contributed by atoms with Gasteiger partial charge >= 0.3 is 0 Å². The van der Waals surface area contributed by atoms with Gasteiger partial charge in [0.05, 0.1) is 21.9 Å². The highest BCUT2D eigenvalue weighted by atomic mass is 79.9. The first-order valence-electron chi connectivity index (χ1n) is 7.46. The highest BCUT2D eigenvalue weighted by Gasteiger charge is 2.14. The highest BCUT2D eigenvalue weighted by Crippen LogP contribution is 2.20. The molecular weight excluding hydrogens is 373 g/mol. The Labute approximate surface area is 147 Å². The highest BCUT2D eigenvalue weighted by molar-refractivity contribution is 9.10. The lowest BCUT2D eigenvalue weighted by Gasteiger charge is -2.07. The molecule has 0 aliphatic carbocycles. The van der Waals surface area contributed by atoms with Gasteiger partial charge in [-0.05, 0) is 40.0 Å². The summed E-state index contributed by atoms with van der Waals surface area (Å²) < 4.78 is 13.6. The van der Waals surface area contributed by atoms with Gasteiger partial charge in [-0.3, -0.25) is 9.89 Å². The number of aromatic amines is 1. The van der Waals surface area contributed by atoms with Crippen LogP contribution < -0.4 is 5.32 Å². The van der Waals surface area contributed by atoms with E-state index in [1.165, 1.54) is 12.3 Å². The summed E-state index contributed by atoms with van der Waals surface area (Å²) in [5.41, 5.74) is 3.04. The number of carbonyl (C=O) groups excluding carboxylic acids is 1. The minimum absolute atomic E-state index is 0.191. The van der Waals surface area contributed by atoms with Gasteiger partial charge in [-0.25, -0.2) is 4.39 Å². The second-order valence-corrected chi connectivity index (χ2v) is 6.13. The molecule has 4 nitrogen and oxygen atoms in total. The summed E-state index contributed by atoms with van der Waals surface area (Å²) in [4.78, 5) is 12.4. The van der Waals surface area contributed by atoms with Crippen LogP contribution in [0.4, 0.5) is 4.39 Å². The zero-order chi connectivity index (χ0) is 16.9. The van der Waals surface area contributed by atoms with Crippen molar-refractivity contribution in [1.29, 1.82) is 0 Å². The summed E-state index contributed by atoms with van der Waals surface area (Å²) in [6.45, 7) is 0.455. The van der Waals surface area contributed by atoms with Crippen LogP contribution >= 0.6 is 15.9 Å². The van der Waals surface area contributed by atoms with Gasteiger partial charge in [0.1, 0.15) is 5.82 Å².